The minimum atomic E-state index is -0.239. The van der Waals surface area contributed by atoms with Crippen LogP contribution in [0.15, 0.2) is 18.2 Å². The van der Waals surface area contributed by atoms with Crippen LogP contribution >= 0.6 is 0 Å². The first-order valence-electron chi connectivity index (χ1n) is 7.61. The van der Waals surface area contributed by atoms with E-state index in [1.54, 1.807) is 0 Å². The van der Waals surface area contributed by atoms with Gasteiger partial charge < -0.3 is 9.31 Å². The van der Waals surface area contributed by atoms with Gasteiger partial charge in [-0.2, -0.15) is 0 Å². The maximum Gasteiger partial charge on any atom is 0.494 e. The van der Waals surface area contributed by atoms with Crippen molar-refractivity contribution in [2.45, 2.75) is 72.0 Å². The van der Waals surface area contributed by atoms with Crippen LogP contribution in [-0.4, -0.2) is 18.8 Å². The highest BCUT2D eigenvalue weighted by Gasteiger charge is 2.44. The second kappa shape index (κ2) is 5.20. The summed E-state index contributed by atoms with van der Waals surface area (Å²) >= 11 is 0. The summed E-state index contributed by atoms with van der Waals surface area (Å²) in [6.45, 7) is 15.2. The Labute approximate surface area is 124 Å². The molecular weight excluding hydrogens is 247 g/mol. The van der Waals surface area contributed by atoms with Crippen molar-refractivity contribution >= 4 is 12.6 Å². The first-order chi connectivity index (χ1) is 9.15. The smallest absolute Gasteiger partial charge is 0.402 e. The monoisotopic (exact) mass is 274 g/mol. The van der Waals surface area contributed by atoms with E-state index in [1.165, 1.54) is 16.6 Å². The van der Waals surface area contributed by atoms with Crippen LogP contribution in [0.25, 0.3) is 0 Å². The van der Waals surface area contributed by atoms with Gasteiger partial charge in [-0.25, -0.2) is 0 Å². The van der Waals surface area contributed by atoms with Gasteiger partial charge in [0.25, 0.3) is 0 Å². The average Bonchev–Trinajstić information content (AvgIpc) is 2.62. The van der Waals surface area contributed by atoms with Gasteiger partial charge in [0.2, 0.25) is 0 Å². The van der Waals surface area contributed by atoms with Crippen molar-refractivity contribution in [2.24, 2.45) is 0 Å². The highest BCUT2D eigenvalue weighted by Crippen LogP contribution is 2.28. The maximum absolute atomic E-state index is 6.14. The zero-order chi connectivity index (χ0) is 15.1. The fourth-order valence-electron chi connectivity index (χ4n) is 2.49. The van der Waals surface area contributed by atoms with E-state index in [1.807, 2.05) is 0 Å². The quantitative estimate of drug-likeness (QED) is 0.769. The third kappa shape index (κ3) is 2.94. The van der Waals surface area contributed by atoms with Crippen molar-refractivity contribution in [3.8, 4) is 0 Å². The summed E-state index contributed by atoms with van der Waals surface area (Å²) in [5.41, 5.74) is 3.74. The van der Waals surface area contributed by atoms with E-state index in [2.05, 4.69) is 66.7 Å². The molecule has 0 aliphatic carbocycles. The van der Waals surface area contributed by atoms with E-state index >= 15 is 0 Å². The molecule has 1 aliphatic rings. The van der Waals surface area contributed by atoms with Crippen LogP contribution in [0.3, 0.4) is 0 Å². The molecule has 20 heavy (non-hydrogen) atoms. The summed E-state index contributed by atoms with van der Waals surface area (Å²) in [5, 5.41) is 0. The van der Waals surface area contributed by atoms with Gasteiger partial charge in [0.05, 0.1) is 11.7 Å². The van der Waals surface area contributed by atoms with Gasteiger partial charge in [-0.05, 0) is 49.2 Å². The fourth-order valence-corrected chi connectivity index (χ4v) is 2.49. The van der Waals surface area contributed by atoms with Crippen LogP contribution in [0.2, 0.25) is 0 Å². The number of aryl methyl sites for hydroxylation is 1. The lowest BCUT2D eigenvalue weighted by Crippen LogP contribution is -2.37. The molecule has 2 rings (SSSR count). The van der Waals surface area contributed by atoms with E-state index in [9.17, 15) is 0 Å². The molecule has 0 saturated carbocycles. The highest BCUT2D eigenvalue weighted by atomic mass is 16.7. The van der Waals surface area contributed by atoms with Gasteiger partial charge in [-0.3, -0.25) is 0 Å². The number of hydrogen-bond acceptors (Lipinski definition) is 2. The molecule has 2 nitrogen and oxygen atoms in total. The Kier molecular flexibility index (Phi) is 4.05. The molecule has 0 spiro atoms. The summed E-state index contributed by atoms with van der Waals surface area (Å²) in [6, 6.07) is 6.71. The average molecular weight is 274 g/mol. The molecule has 1 aromatic rings. The Hall–Kier alpha value is -0.795. The minimum absolute atomic E-state index is 0.107. The first-order valence-corrected chi connectivity index (χ1v) is 7.61. The third-order valence-corrected chi connectivity index (χ3v) is 4.36. The molecule has 1 fully saturated rings. The van der Waals surface area contributed by atoms with Crippen LogP contribution in [0.1, 0.15) is 59.6 Å². The summed E-state index contributed by atoms with van der Waals surface area (Å²) in [5.74, 6) is 0. The Morgan fingerprint density at radius 3 is 2.35 bits per heavy atom. The summed E-state index contributed by atoms with van der Waals surface area (Å²) in [7, 11) is -0.239. The Balaban J connectivity index is 2.40. The SMILES string of the molecule is CCc1ccc(C(C)(C)C)cc1B1OC(C)C(C)(C)O1. The molecule has 110 valence electrons. The molecule has 0 bridgehead atoms. The topological polar surface area (TPSA) is 18.5 Å². The van der Waals surface area contributed by atoms with Gasteiger partial charge >= 0.3 is 7.12 Å². The van der Waals surface area contributed by atoms with Crippen LogP contribution < -0.4 is 5.46 Å². The lowest BCUT2D eigenvalue weighted by Gasteiger charge is -2.23. The van der Waals surface area contributed by atoms with Crippen LogP contribution in [0.4, 0.5) is 0 Å². The van der Waals surface area contributed by atoms with Gasteiger partial charge in [0.1, 0.15) is 0 Å². The summed E-state index contributed by atoms with van der Waals surface area (Å²) < 4.78 is 12.2. The van der Waals surface area contributed by atoms with Crippen molar-refractivity contribution in [3.05, 3.63) is 29.3 Å². The molecule has 1 aromatic carbocycles. The molecule has 1 unspecified atom stereocenters. The van der Waals surface area contributed by atoms with E-state index in [0.717, 1.165) is 6.42 Å². The molecule has 1 saturated heterocycles. The Morgan fingerprint density at radius 2 is 1.90 bits per heavy atom. The van der Waals surface area contributed by atoms with Crippen molar-refractivity contribution in [1.82, 2.24) is 0 Å². The molecule has 0 aromatic heterocycles. The van der Waals surface area contributed by atoms with Crippen LogP contribution in [0.5, 0.6) is 0 Å². The molecule has 1 atom stereocenters. The van der Waals surface area contributed by atoms with E-state index in [-0.39, 0.29) is 24.2 Å². The highest BCUT2D eigenvalue weighted by molar-refractivity contribution is 6.62. The van der Waals surface area contributed by atoms with Gasteiger partial charge in [-0.1, -0.05) is 45.9 Å². The molecule has 1 heterocycles. The zero-order valence-electron chi connectivity index (χ0n) is 13.9. The molecule has 0 amide bonds. The zero-order valence-corrected chi connectivity index (χ0v) is 13.9. The Bertz CT molecular complexity index is 488. The van der Waals surface area contributed by atoms with Crippen molar-refractivity contribution in [1.29, 1.82) is 0 Å². The van der Waals surface area contributed by atoms with Crippen LogP contribution in [0, 0.1) is 0 Å². The van der Waals surface area contributed by atoms with Crippen LogP contribution in [-0.2, 0) is 21.1 Å². The maximum atomic E-state index is 6.14. The van der Waals surface area contributed by atoms with Gasteiger partial charge in [0, 0.05) is 0 Å². The van der Waals surface area contributed by atoms with Crippen molar-refractivity contribution in [2.75, 3.05) is 0 Å². The normalized spacial score (nSPS) is 22.4. The molecular formula is C17H27BO2. The standard InChI is InChI=1S/C17H27BO2/c1-8-13-9-10-14(16(3,4)5)11-15(13)18-19-12(2)17(6,7)20-18/h9-12H,8H2,1-7H3. The minimum Gasteiger partial charge on any atom is -0.402 e. The number of hydrogen-bond donors (Lipinski definition) is 0. The van der Waals surface area contributed by atoms with Gasteiger partial charge in [-0.15, -0.1) is 0 Å². The van der Waals surface area contributed by atoms with E-state index < -0.39 is 0 Å². The third-order valence-electron chi connectivity index (χ3n) is 4.36. The Morgan fingerprint density at radius 1 is 1.25 bits per heavy atom. The molecule has 3 heteroatoms. The number of rotatable bonds is 2. The van der Waals surface area contributed by atoms with Gasteiger partial charge in [0.15, 0.2) is 0 Å². The second-order valence-electron chi connectivity index (χ2n) is 7.35. The predicted octanol–water partition coefficient (Wildman–Crippen LogP) is 3.46. The molecule has 1 aliphatic heterocycles. The van der Waals surface area contributed by atoms with Crippen molar-refractivity contribution in [3.63, 3.8) is 0 Å². The first kappa shape index (κ1) is 15.6. The largest absolute Gasteiger partial charge is 0.494 e. The fraction of sp³-hybridized carbons (Fsp3) is 0.647. The van der Waals surface area contributed by atoms with E-state index in [4.69, 9.17) is 9.31 Å². The van der Waals surface area contributed by atoms with Crippen molar-refractivity contribution < 1.29 is 9.31 Å². The number of benzene rings is 1. The molecule has 0 radical (unpaired) electrons. The summed E-state index contributed by atoms with van der Waals surface area (Å²) in [4.78, 5) is 0. The second-order valence-corrected chi connectivity index (χ2v) is 7.35. The van der Waals surface area contributed by atoms with E-state index in [0.29, 0.717) is 0 Å². The predicted molar refractivity (Wildman–Crippen MR) is 85.6 cm³/mol. The summed E-state index contributed by atoms with van der Waals surface area (Å²) in [6.07, 6.45) is 1.10. The lowest BCUT2D eigenvalue weighted by atomic mass is 9.72. The lowest BCUT2D eigenvalue weighted by molar-refractivity contribution is 0.0842. The molecule has 0 N–H and O–H groups in total.